The lowest BCUT2D eigenvalue weighted by atomic mass is 10.0. The first-order valence-electron chi connectivity index (χ1n) is 9.15. The Labute approximate surface area is 180 Å². The zero-order valence-electron chi connectivity index (χ0n) is 15.9. The van der Waals surface area contributed by atoms with E-state index in [1.165, 1.54) is 6.07 Å². The molecule has 30 heavy (non-hydrogen) atoms. The van der Waals surface area contributed by atoms with E-state index in [9.17, 15) is 14.9 Å². The molecular weight excluding hydrogens is 446 g/mol. The number of pyridine rings is 1. The van der Waals surface area contributed by atoms with Gasteiger partial charge in [-0.05, 0) is 37.3 Å². The monoisotopic (exact) mass is 461 g/mol. The first-order valence-corrected chi connectivity index (χ1v) is 9.94. The Morgan fingerprint density at radius 3 is 2.57 bits per heavy atom. The zero-order valence-corrected chi connectivity index (χ0v) is 17.5. The highest BCUT2D eigenvalue weighted by Crippen LogP contribution is 2.29. The van der Waals surface area contributed by atoms with E-state index in [0.717, 1.165) is 10.0 Å². The molecule has 0 aliphatic rings. The molecule has 0 bridgehead atoms. The van der Waals surface area contributed by atoms with Gasteiger partial charge >= 0.3 is 0 Å². The highest BCUT2D eigenvalue weighted by Gasteiger charge is 2.18. The third-order valence-electron chi connectivity index (χ3n) is 4.83. The normalized spacial score (nSPS) is 10.7. The quantitative estimate of drug-likeness (QED) is 0.292. The summed E-state index contributed by atoms with van der Waals surface area (Å²) in [7, 11) is 0. The van der Waals surface area contributed by atoms with Crippen LogP contribution in [0.4, 0.5) is 11.4 Å². The number of benzene rings is 3. The van der Waals surface area contributed by atoms with E-state index < -0.39 is 4.92 Å². The van der Waals surface area contributed by atoms with Crippen LogP contribution in [0.1, 0.15) is 15.9 Å². The van der Waals surface area contributed by atoms with Gasteiger partial charge in [0.15, 0.2) is 0 Å². The van der Waals surface area contributed by atoms with Gasteiger partial charge in [0.25, 0.3) is 11.6 Å². The lowest BCUT2D eigenvalue weighted by Crippen LogP contribution is -2.14. The molecule has 148 valence electrons. The van der Waals surface area contributed by atoms with Gasteiger partial charge in [0, 0.05) is 21.5 Å². The number of rotatable bonds is 4. The molecule has 4 aromatic rings. The second-order valence-corrected chi connectivity index (χ2v) is 7.66. The molecule has 0 aliphatic carbocycles. The summed E-state index contributed by atoms with van der Waals surface area (Å²) < 4.78 is 0.910. The van der Waals surface area contributed by atoms with Crippen molar-refractivity contribution in [1.82, 2.24) is 4.98 Å². The minimum absolute atomic E-state index is 0.0396. The van der Waals surface area contributed by atoms with Gasteiger partial charge in [-0.25, -0.2) is 4.98 Å². The highest BCUT2D eigenvalue weighted by molar-refractivity contribution is 9.10. The number of para-hydroxylation sites is 1. The molecule has 0 saturated heterocycles. The van der Waals surface area contributed by atoms with Crippen molar-refractivity contribution < 1.29 is 9.72 Å². The number of anilines is 1. The number of nitro benzene ring substituents is 1. The van der Waals surface area contributed by atoms with Gasteiger partial charge in [0.1, 0.15) is 0 Å². The minimum Gasteiger partial charge on any atom is -0.321 e. The van der Waals surface area contributed by atoms with Gasteiger partial charge in [-0.1, -0.05) is 52.3 Å². The van der Waals surface area contributed by atoms with Crippen LogP contribution < -0.4 is 5.32 Å². The van der Waals surface area contributed by atoms with Gasteiger partial charge in [-0.2, -0.15) is 0 Å². The molecule has 0 radical (unpaired) electrons. The maximum atomic E-state index is 13.2. The molecule has 0 unspecified atom stereocenters. The van der Waals surface area contributed by atoms with Crippen LogP contribution in [0.5, 0.6) is 0 Å². The maximum absolute atomic E-state index is 13.2. The summed E-state index contributed by atoms with van der Waals surface area (Å²) in [6.45, 7) is 1.62. The average molecular weight is 462 g/mol. The van der Waals surface area contributed by atoms with Crippen LogP contribution in [0.3, 0.4) is 0 Å². The Morgan fingerprint density at radius 2 is 1.80 bits per heavy atom. The molecule has 1 N–H and O–H groups in total. The lowest BCUT2D eigenvalue weighted by Gasteiger charge is -2.12. The first kappa shape index (κ1) is 19.7. The lowest BCUT2D eigenvalue weighted by molar-refractivity contribution is -0.385. The van der Waals surface area contributed by atoms with Crippen molar-refractivity contribution >= 4 is 44.1 Å². The van der Waals surface area contributed by atoms with Gasteiger partial charge in [-0.3, -0.25) is 14.9 Å². The van der Waals surface area contributed by atoms with Crippen molar-refractivity contribution in [3.63, 3.8) is 0 Å². The van der Waals surface area contributed by atoms with Gasteiger partial charge in [-0.15, -0.1) is 0 Å². The fourth-order valence-corrected chi connectivity index (χ4v) is 3.70. The minimum atomic E-state index is -0.460. The summed E-state index contributed by atoms with van der Waals surface area (Å²) in [5.41, 5.74) is 3.44. The molecule has 3 aromatic carbocycles. The molecule has 4 rings (SSSR count). The van der Waals surface area contributed by atoms with Crippen molar-refractivity contribution in [2.75, 3.05) is 5.32 Å². The number of nitrogens with one attached hydrogen (secondary N) is 1. The number of halogens is 1. The number of fused-ring (bicyclic) bond motifs is 1. The number of nitro groups is 1. The maximum Gasteiger partial charge on any atom is 0.274 e. The van der Waals surface area contributed by atoms with E-state index >= 15 is 0 Å². The fourth-order valence-electron chi connectivity index (χ4n) is 3.31. The van der Waals surface area contributed by atoms with E-state index in [1.54, 1.807) is 25.1 Å². The number of carbonyl (C=O) groups is 1. The highest BCUT2D eigenvalue weighted by atomic mass is 79.9. The van der Waals surface area contributed by atoms with E-state index in [0.29, 0.717) is 33.4 Å². The summed E-state index contributed by atoms with van der Waals surface area (Å²) in [6, 6.07) is 21.4. The van der Waals surface area contributed by atoms with Gasteiger partial charge in [0.2, 0.25) is 0 Å². The molecule has 0 spiro atoms. The predicted molar refractivity (Wildman–Crippen MR) is 121 cm³/mol. The Kier molecular flexibility index (Phi) is 5.29. The van der Waals surface area contributed by atoms with Crippen molar-refractivity contribution in [1.29, 1.82) is 0 Å². The predicted octanol–water partition coefficient (Wildman–Crippen LogP) is 6.13. The fraction of sp³-hybridized carbons (Fsp3) is 0.0435. The van der Waals surface area contributed by atoms with Crippen LogP contribution in [-0.2, 0) is 0 Å². The summed E-state index contributed by atoms with van der Waals surface area (Å²) >= 11 is 3.47. The summed E-state index contributed by atoms with van der Waals surface area (Å²) in [5.74, 6) is -0.353. The van der Waals surface area contributed by atoms with Gasteiger partial charge < -0.3 is 5.32 Å². The first-order chi connectivity index (χ1) is 14.4. The van der Waals surface area contributed by atoms with E-state index in [-0.39, 0.29) is 11.6 Å². The second-order valence-electron chi connectivity index (χ2n) is 6.74. The van der Waals surface area contributed by atoms with Crippen LogP contribution in [0.2, 0.25) is 0 Å². The summed E-state index contributed by atoms with van der Waals surface area (Å²) in [6.07, 6.45) is 0. The Hall–Kier alpha value is -3.58. The van der Waals surface area contributed by atoms with Crippen molar-refractivity contribution in [2.45, 2.75) is 6.92 Å². The molecule has 0 saturated carbocycles. The molecule has 6 nitrogen and oxygen atoms in total. The van der Waals surface area contributed by atoms with Crippen molar-refractivity contribution in [2.24, 2.45) is 0 Å². The largest absolute Gasteiger partial charge is 0.321 e. The second kappa shape index (κ2) is 8.04. The van der Waals surface area contributed by atoms with Crippen LogP contribution >= 0.6 is 15.9 Å². The van der Waals surface area contributed by atoms with Crippen LogP contribution in [0.15, 0.2) is 77.3 Å². The third kappa shape index (κ3) is 3.79. The van der Waals surface area contributed by atoms with E-state index in [1.807, 2.05) is 48.5 Å². The van der Waals surface area contributed by atoms with E-state index in [2.05, 4.69) is 21.2 Å². The Balaban J connectivity index is 1.81. The SMILES string of the molecule is Cc1c(NC(=O)c2cc(-c3cccc(Br)c3)nc3ccccc23)cccc1[N+](=O)[O-]. The number of nitrogens with zero attached hydrogens (tertiary/aromatic N) is 2. The molecular formula is C23H16BrN3O3. The van der Waals surface area contributed by atoms with Crippen LogP contribution in [0.25, 0.3) is 22.2 Å². The molecule has 0 aliphatic heterocycles. The van der Waals surface area contributed by atoms with E-state index in [4.69, 9.17) is 4.98 Å². The smallest absolute Gasteiger partial charge is 0.274 e. The van der Waals surface area contributed by atoms with Crippen molar-refractivity contribution in [3.05, 3.63) is 98.5 Å². The average Bonchev–Trinajstić information content (AvgIpc) is 2.74. The van der Waals surface area contributed by atoms with Crippen molar-refractivity contribution in [3.8, 4) is 11.3 Å². The number of carbonyl (C=O) groups excluding carboxylic acids is 1. The topological polar surface area (TPSA) is 85.1 Å². The number of amides is 1. The molecule has 1 amide bonds. The molecule has 0 atom stereocenters. The molecule has 1 aromatic heterocycles. The Morgan fingerprint density at radius 1 is 1.03 bits per heavy atom. The molecule has 7 heteroatoms. The third-order valence-corrected chi connectivity index (χ3v) is 5.32. The summed E-state index contributed by atoms with van der Waals surface area (Å²) in [5, 5.41) is 14.7. The molecule has 0 fully saturated rings. The van der Waals surface area contributed by atoms with Crippen LogP contribution in [-0.4, -0.2) is 15.8 Å². The number of hydrogen-bond donors (Lipinski definition) is 1. The molecule has 1 heterocycles. The number of aromatic nitrogens is 1. The van der Waals surface area contributed by atoms with Gasteiger partial charge in [0.05, 0.1) is 32.9 Å². The zero-order chi connectivity index (χ0) is 21.3. The summed E-state index contributed by atoms with van der Waals surface area (Å²) in [4.78, 5) is 28.6. The van der Waals surface area contributed by atoms with Crippen LogP contribution in [0, 0.1) is 17.0 Å². The number of hydrogen-bond acceptors (Lipinski definition) is 4. The Bertz CT molecular complexity index is 1300. The standard InChI is InChI=1S/C23H16BrN3O3/c1-14-19(10-5-11-22(14)27(29)30)26-23(28)18-13-21(15-6-4-7-16(24)12-15)25-20-9-3-2-8-17(18)20/h2-13H,1H3,(H,26,28).